The summed E-state index contributed by atoms with van der Waals surface area (Å²) in [5.41, 5.74) is 2.11. The fourth-order valence-electron chi connectivity index (χ4n) is 4.14. The zero-order valence-corrected chi connectivity index (χ0v) is 15.7. The van der Waals surface area contributed by atoms with E-state index in [0.29, 0.717) is 5.91 Å². The van der Waals surface area contributed by atoms with Crippen LogP contribution in [0.15, 0.2) is 30.6 Å². The van der Waals surface area contributed by atoms with E-state index in [2.05, 4.69) is 32.2 Å². The molecule has 0 aromatic carbocycles. The van der Waals surface area contributed by atoms with Crippen LogP contribution in [0.1, 0.15) is 31.9 Å². The van der Waals surface area contributed by atoms with Crippen molar-refractivity contribution >= 4 is 11.6 Å². The van der Waals surface area contributed by atoms with Gasteiger partial charge in [0.25, 0.3) is 0 Å². The first-order valence-electron chi connectivity index (χ1n) is 9.88. The van der Waals surface area contributed by atoms with Crippen LogP contribution in [0, 0.1) is 0 Å². The molecule has 0 radical (unpaired) electrons. The van der Waals surface area contributed by atoms with E-state index in [1.807, 2.05) is 24.4 Å². The number of piperazine rings is 1. The fraction of sp³-hybridized carbons (Fsp3) is 0.600. The van der Waals surface area contributed by atoms with Gasteiger partial charge in [-0.1, -0.05) is 6.07 Å². The molecule has 4 heterocycles. The Kier molecular flexibility index (Phi) is 5.22. The fourth-order valence-corrected chi connectivity index (χ4v) is 4.14. The Morgan fingerprint density at radius 1 is 1.08 bits per heavy atom. The Labute approximate surface area is 155 Å². The van der Waals surface area contributed by atoms with Crippen molar-refractivity contribution in [2.45, 2.75) is 38.8 Å². The van der Waals surface area contributed by atoms with Gasteiger partial charge in [0.05, 0.1) is 11.7 Å². The van der Waals surface area contributed by atoms with Gasteiger partial charge in [-0.25, -0.2) is 4.98 Å². The van der Waals surface area contributed by atoms with Crippen LogP contribution >= 0.6 is 0 Å². The normalized spacial score (nSPS) is 21.2. The molecule has 140 valence electrons. The molecule has 0 aliphatic carbocycles. The number of likely N-dealkylation sites (tertiary alicyclic amines) is 1. The van der Waals surface area contributed by atoms with E-state index < -0.39 is 0 Å². The van der Waals surface area contributed by atoms with Crippen molar-refractivity contribution in [3.63, 3.8) is 0 Å². The minimum absolute atomic E-state index is 0.00504. The Morgan fingerprint density at radius 2 is 1.85 bits per heavy atom. The van der Waals surface area contributed by atoms with Gasteiger partial charge in [0.15, 0.2) is 0 Å². The van der Waals surface area contributed by atoms with Crippen molar-refractivity contribution in [1.29, 1.82) is 0 Å². The van der Waals surface area contributed by atoms with Crippen LogP contribution in [0.5, 0.6) is 0 Å². The summed E-state index contributed by atoms with van der Waals surface area (Å²) in [4.78, 5) is 24.3. The standard InChI is InChI=1S/C20H29N5O/c1-17(20(26)24-8-4-2-5-9-24)23-13-11-22(12-14-23)15-18-16-25-10-6-3-7-19(25)21-18/h3,6-7,10,16-17H,2,4-5,8-9,11-15H2,1H3. The maximum Gasteiger partial charge on any atom is 0.239 e. The second-order valence-electron chi connectivity index (χ2n) is 7.57. The summed E-state index contributed by atoms with van der Waals surface area (Å²) in [6, 6.07) is 6.09. The smallest absolute Gasteiger partial charge is 0.239 e. The second kappa shape index (κ2) is 7.76. The zero-order valence-electron chi connectivity index (χ0n) is 15.7. The maximum absolute atomic E-state index is 12.7. The molecule has 6 heteroatoms. The number of carbonyl (C=O) groups is 1. The van der Waals surface area contributed by atoms with E-state index >= 15 is 0 Å². The second-order valence-corrected chi connectivity index (χ2v) is 7.57. The molecule has 0 bridgehead atoms. The SMILES string of the molecule is CC(C(=O)N1CCCCC1)N1CCN(Cc2cn3ccccc3n2)CC1. The number of aromatic nitrogens is 2. The van der Waals surface area contributed by atoms with E-state index in [4.69, 9.17) is 4.98 Å². The predicted molar refractivity (Wildman–Crippen MR) is 102 cm³/mol. The highest BCUT2D eigenvalue weighted by Gasteiger charge is 2.29. The number of rotatable bonds is 4. The Morgan fingerprint density at radius 3 is 2.58 bits per heavy atom. The molecule has 2 aliphatic rings. The van der Waals surface area contributed by atoms with Gasteiger partial charge in [0, 0.05) is 58.2 Å². The molecule has 1 unspecified atom stereocenters. The van der Waals surface area contributed by atoms with Gasteiger partial charge in [-0.3, -0.25) is 14.6 Å². The molecule has 0 N–H and O–H groups in total. The minimum atomic E-state index is 0.00504. The Balaban J connectivity index is 1.29. The summed E-state index contributed by atoms with van der Waals surface area (Å²) in [7, 11) is 0. The number of hydrogen-bond donors (Lipinski definition) is 0. The van der Waals surface area contributed by atoms with E-state index in [-0.39, 0.29) is 6.04 Å². The first-order valence-corrected chi connectivity index (χ1v) is 9.88. The zero-order chi connectivity index (χ0) is 17.9. The van der Waals surface area contributed by atoms with Crippen molar-refractivity contribution < 1.29 is 4.79 Å². The molecular formula is C20H29N5O. The molecule has 2 aliphatic heterocycles. The topological polar surface area (TPSA) is 44.1 Å². The number of hydrogen-bond acceptors (Lipinski definition) is 4. The molecular weight excluding hydrogens is 326 g/mol. The monoisotopic (exact) mass is 355 g/mol. The molecule has 2 saturated heterocycles. The summed E-state index contributed by atoms with van der Waals surface area (Å²) in [6.45, 7) is 8.73. The third-order valence-corrected chi connectivity index (χ3v) is 5.78. The predicted octanol–water partition coefficient (Wildman–Crippen LogP) is 1.85. The first-order chi connectivity index (χ1) is 12.7. The van der Waals surface area contributed by atoms with Gasteiger partial charge in [-0.05, 0) is 38.3 Å². The highest BCUT2D eigenvalue weighted by atomic mass is 16.2. The lowest BCUT2D eigenvalue weighted by molar-refractivity contribution is -0.138. The highest BCUT2D eigenvalue weighted by Crippen LogP contribution is 2.15. The summed E-state index contributed by atoms with van der Waals surface area (Å²) in [5, 5.41) is 0. The molecule has 2 aromatic heterocycles. The lowest BCUT2D eigenvalue weighted by Gasteiger charge is -2.39. The maximum atomic E-state index is 12.7. The third kappa shape index (κ3) is 3.76. The Bertz CT molecular complexity index is 710. The van der Waals surface area contributed by atoms with Crippen molar-refractivity contribution in [2.24, 2.45) is 0 Å². The van der Waals surface area contributed by atoms with Crippen molar-refractivity contribution in [1.82, 2.24) is 24.1 Å². The molecule has 1 atom stereocenters. The average Bonchev–Trinajstić information content (AvgIpc) is 3.10. The number of carbonyl (C=O) groups excluding carboxylic acids is 1. The van der Waals surface area contributed by atoms with Crippen LogP contribution < -0.4 is 0 Å². The van der Waals surface area contributed by atoms with E-state index in [9.17, 15) is 4.79 Å². The molecule has 2 aromatic rings. The lowest BCUT2D eigenvalue weighted by atomic mass is 10.1. The molecule has 6 nitrogen and oxygen atoms in total. The molecule has 0 spiro atoms. The summed E-state index contributed by atoms with van der Waals surface area (Å²) in [6.07, 6.45) is 7.73. The van der Waals surface area contributed by atoms with Crippen LogP contribution in [-0.4, -0.2) is 75.3 Å². The number of amides is 1. The van der Waals surface area contributed by atoms with Gasteiger partial charge in [0.1, 0.15) is 5.65 Å². The highest BCUT2D eigenvalue weighted by molar-refractivity contribution is 5.81. The first kappa shape index (κ1) is 17.5. The van der Waals surface area contributed by atoms with Gasteiger partial charge < -0.3 is 9.30 Å². The van der Waals surface area contributed by atoms with Crippen LogP contribution in [0.25, 0.3) is 5.65 Å². The van der Waals surface area contributed by atoms with Crippen LogP contribution in [0.2, 0.25) is 0 Å². The van der Waals surface area contributed by atoms with Crippen LogP contribution in [0.4, 0.5) is 0 Å². The number of nitrogens with zero attached hydrogens (tertiary/aromatic N) is 5. The average molecular weight is 355 g/mol. The summed E-state index contributed by atoms with van der Waals surface area (Å²) < 4.78 is 2.07. The quantitative estimate of drug-likeness (QED) is 0.840. The number of pyridine rings is 1. The number of fused-ring (bicyclic) bond motifs is 1. The van der Waals surface area contributed by atoms with Crippen LogP contribution in [0.3, 0.4) is 0 Å². The van der Waals surface area contributed by atoms with Crippen molar-refractivity contribution in [3.05, 3.63) is 36.3 Å². The van der Waals surface area contributed by atoms with Gasteiger partial charge >= 0.3 is 0 Å². The summed E-state index contributed by atoms with van der Waals surface area (Å²) >= 11 is 0. The number of imidazole rings is 1. The third-order valence-electron chi connectivity index (χ3n) is 5.78. The van der Waals surface area contributed by atoms with Gasteiger partial charge in [-0.15, -0.1) is 0 Å². The minimum Gasteiger partial charge on any atom is -0.341 e. The van der Waals surface area contributed by atoms with E-state index in [1.54, 1.807) is 0 Å². The summed E-state index contributed by atoms with van der Waals surface area (Å²) in [5.74, 6) is 0.318. The van der Waals surface area contributed by atoms with E-state index in [0.717, 1.165) is 70.0 Å². The molecule has 1 amide bonds. The molecule has 2 fully saturated rings. The van der Waals surface area contributed by atoms with Crippen molar-refractivity contribution in [3.8, 4) is 0 Å². The van der Waals surface area contributed by atoms with E-state index in [1.165, 1.54) is 6.42 Å². The largest absolute Gasteiger partial charge is 0.341 e. The molecule has 0 saturated carbocycles. The lowest BCUT2D eigenvalue weighted by Crippen LogP contribution is -2.54. The van der Waals surface area contributed by atoms with Gasteiger partial charge in [-0.2, -0.15) is 0 Å². The number of piperidine rings is 1. The Hall–Kier alpha value is -1.92. The van der Waals surface area contributed by atoms with Crippen LogP contribution in [-0.2, 0) is 11.3 Å². The molecule has 26 heavy (non-hydrogen) atoms. The molecule has 4 rings (SSSR count). The van der Waals surface area contributed by atoms with Gasteiger partial charge in [0.2, 0.25) is 5.91 Å². The van der Waals surface area contributed by atoms with Crippen molar-refractivity contribution in [2.75, 3.05) is 39.3 Å².